The lowest BCUT2D eigenvalue weighted by atomic mass is 9.83. The van der Waals surface area contributed by atoms with Crippen molar-refractivity contribution in [3.8, 4) is 0 Å². The van der Waals surface area contributed by atoms with E-state index in [1.165, 1.54) is 14.2 Å². The molecule has 15 nitrogen and oxygen atoms in total. The van der Waals surface area contributed by atoms with E-state index in [1.807, 2.05) is 6.92 Å². The molecule has 2 aliphatic heterocycles. The largest absolute Gasteiger partial charge is 0.396 e. The maximum Gasteiger partial charge on any atom is 0.164 e. The minimum Gasteiger partial charge on any atom is -0.396 e. The van der Waals surface area contributed by atoms with Crippen LogP contribution >= 0.6 is 0 Å². The first-order chi connectivity index (χ1) is 21.3. The third-order valence-electron chi connectivity index (χ3n) is 7.68. The molecule has 0 bridgehead atoms. The fraction of sp³-hybridized carbons (Fsp3) is 0.966. The summed E-state index contributed by atoms with van der Waals surface area (Å²) in [6.07, 6.45) is -6.48. The van der Waals surface area contributed by atoms with Crippen molar-refractivity contribution in [1.82, 2.24) is 0 Å². The fourth-order valence-electron chi connectivity index (χ4n) is 5.47. The Kier molecular flexibility index (Phi) is 20.2. The van der Waals surface area contributed by atoms with Crippen LogP contribution in [0.4, 0.5) is 0 Å². The molecule has 0 radical (unpaired) electrons. The van der Waals surface area contributed by atoms with Gasteiger partial charge in [-0.2, -0.15) is 0 Å². The number of methoxy groups -OCH3 is 2. The molecule has 0 aromatic heterocycles. The second kappa shape index (κ2) is 22.6. The van der Waals surface area contributed by atoms with Gasteiger partial charge in [0.1, 0.15) is 31.2 Å². The molecule has 15 heteroatoms. The van der Waals surface area contributed by atoms with Gasteiger partial charge in [-0.25, -0.2) is 0 Å². The van der Waals surface area contributed by atoms with Crippen LogP contribution in [0.2, 0.25) is 0 Å². The Morgan fingerprint density at radius 1 is 0.682 bits per heavy atom. The zero-order valence-corrected chi connectivity index (χ0v) is 26.2. The topological polar surface area (TPSA) is 201 Å². The zero-order chi connectivity index (χ0) is 32.3. The molecule has 2 fully saturated rings. The van der Waals surface area contributed by atoms with Crippen molar-refractivity contribution in [2.24, 2.45) is 11.8 Å². The van der Waals surface area contributed by atoms with Crippen LogP contribution in [0.3, 0.4) is 0 Å². The Morgan fingerprint density at radius 2 is 1.41 bits per heavy atom. The van der Waals surface area contributed by atoms with Crippen LogP contribution in [-0.2, 0) is 47.4 Å². The molecule has 260 valence electrons. The predicted octanol–water partition coefficient (Wildman–Crippen LogP) is -1.72. The van der Waals surface area contributed by atoms with Gasteiger partial charge in [0.2, 0.25) is 0 Å². The minimum absolute atomic E-state index is 0.109. The minimum atomic E-state index is -1.29. The maximum atomic E-state index is 13.0. The van der Waals surface area contributed by atoms with E-state index in [1.54, 1.807) is 0 Å². The first-order valence-electron chi connectivity index (χ1n) is 15.3. The number of aliphatic hydroxyl groups excluding tert-OH is 5. The van der Waals surface area contributed by atoms with Crippen LogP contribution < -0.4 is 0 Å². The van der Waals surface area contributed by atoms with E-state index in [0.717, 1.165) is 0 Å². The highest BCUT2D eigenvalue weighted by Crippen LogP contribution is 2.33. The Labute approximate surface area is 259 Å². The van der Waals surface area contributed by atoms with Crippen molar-refractivity contribution in [1.29, 1.82) is 0 Å². The van der Waals surface area contributed by atoms with Crippen molar-refractivity contribution in [2.45, 2.75) is 75.0 Å². The zero-order valence-electron chi connectivity index (χ0n) is 26.2. The monoisotopic (exact) mass is 642 g/mol. The van der Waals surface area contributed by atoms with Crippen molar-refractivity contribution in [2.75, 3.05) is 93.7 Å². The van der Waals surface area contributed by atoms with E-state index < -0.39 is 60.7 Å². The molecule has 0 saturated carbocycles. The summed E-state index contributed by atoms with van der Waals surface area (Å²) in [6, 6.07) is 0. The van der Waals surface area contributed by atoms with E-state index in [2.05, 4.69) is 0 Å². The molecule has 2 heterocycles. The van der Waals surface area contributed by atoms with Gasteiger partial charge in [0.25, 0.3) is 0 Å². The molecular formula is C29H54O15. The number of hydrogen-bond acceptors (Lipinski definition) is 15. The summed E-state index contributed by atoms with van der Waals surface area (Å²) in [6.45, 7) is 2.59. The summed E-state index contributed by atoms with van der Waals surface area (Å²) in [5.41, 5.74) is 0. The lowest BCUT2D eigenvalue weighted by Crippen LogP contribution is -2.60. The number of ketones is 1. The first-order valence-corrected chi connectivity index (χ1v) is 15.3. The van der Waals surface area contributed by atoms with Gasteiger partial charge in [0.15, 0.2) is 5.78 Å². The Bertz CT molecular complexity index is 746. The lowest BCUT2D eigenvalue weighted by molar-refractivity contribution is -0.242. The highest BCUT2D eigenvalue weighted by Gasteiger charge is 2.49. The highest BCUT2D eigenvalue weighted by atomic mass is 16.7. The smallest absolute Gasteiger partial charge is 0.164 e. The van der Waals surface area contributed by atoms with Gasteiger partial charge in [-0.1, -0.05) is 13.3 Å². The molecule has 2 aliphatic rings. The highest BCUT2D eigenvalue weighted by molar-refractivity contribution is 5.83. The number of hydrogen-bond donors (Lipinski definition) is 5. The average Bonchev–Trinajstić information content (AvgIpc) is 3.01. The molecule has 0 aromatic carbocycles. The summed E-state index contributed by atoms with van der Waals surface area (Å²) in [5, 5.41) is 51.4. The molecular weight excluding hydrogens is 588 g/mol. The number of aliphatic hydroxyl groups is 5. The Morgan fingerprint density at radius 3 is 2.09 bits per heavy atom. The number of ether oxygens (including phenoxy) is 9. The summed E-state index contributed by atoms with van der Waals surface area (Å²) < 4.78 is 50.3. The number of Topliss-reactive ketones (excluding diaryl/α,β-unsaturated/α-hetero) is 1. The van der Waals surface area contributed by atoms with E-state index in [-0.39, 0.29) is 85.1 Å². The number of carbonyl (C=O) groups excluding carboxylic acids is 1. The van der Waals surface area contributed by atoms with Crippen LogP contribution in [0, 0.1) is 11.8 Å². The van der Waals surface area contributed by atoms with Gasteiger partial charge in [-0.3, -0.25) is 4.79 Å². The van der Waals surface area contributed by atoms with Gasteiger partial charge in [0, 0.05) is 32.5 Å². The number of carbonyl (C=O) groups is 1. The molecule has 4 unspecified atom stereocenters. The van der Waals surface area contributed by atoms with Crippen molar-refractivity contribution < 1.29 is 73.0 Å². The van der Waals surface area contributed by atoms with Crippen LogP contribution in [-0.4, -0.2) is 174 Å². The first kappa shape index (κ1) is 39.3. The Hall–Kier alpha value is -0.890. The van der Waals surface area contributed by atoms with E-state index in [9.17, 15) is 25.2 Å². The molecule has 10 atom stereocenters. The standard InChI is InChI=1S/C29H54O15/c1-4-5-22-29(42-13-12-38-9-8-31)26(34)20(28(44-22)21(32)6-7-30)15-41-17-24-27(35)25(33)19(14-36-2)23(43-24)16-39-10-11-40-18-37-3/h19-20,22-31,33-35H,4-18H2,1-3H3/t19-,20-,22+,23?,24-,25-,26?,27?,28+,29?/m0/s1. The fourth-order valence-corrected chi connectivity index (χ4v) is 5.47. The van der Waals surface area contributed by atoms with Gasteiger partial charge < -0.3 is 68.2 Å². The van der Waals surface area contributed by atoms with Crippen molar-refractivity contribution in [3.63, 3.8) is 0 Å². The van der Waals surface area contributed by atoms with Gasteiger partial charge in [-0.05, 0) is 6.42 Å². The molecule has 0 spiro atoms. The van der Waals surface area contributed by atoms with Crippen molar-refractivity contribution >= 4 is 5.78 Å². The second-order valence-electron chi connectivity index (χ2n) is 10.9. The van der Waals surface area contributed by atoms with E-state index in [0.29, 0.717) is 19.4 Å². The van der Waals surface area contributed by atoms with E-state index in [4.69, 9.17) is 47.7 Å². The second-order valence-corrected chi connectivity index (χ2v) is 10.9. The molecule has 44 heavy (non-hydrogen) atoms. The van der Waals surface area contributed by atoms with E-state index >= 15 is 0 Å². The molecule has 2 saturated heterocycles. The third-order valence-corrected chi connectivity index (χ3v) is 7.68. The summed E-state index contributed by atoms with van der Waals surface area (Å²) >= 11 is 0. The average molecular weight is 643 g/mol. The molecule has 0 amide bonds. The van der Waals surface area contributed by atoms with Gasteiger partial charge >= 0.3 is 0 Å². The van der Waals surface area contributed by atoms with Gasteiger partial charge in [0.05, 0.1) is 97.1 Å². The quantitative estimate of drug-likeness (QED) is 0.0588. The lowest BCUT2D eigenvalue weighted by Gasteiger charge is -2.45. The predicted molar refractivity (Wildman–Crippen MR) is 153 cm³/mol. The molecule has 2 rings (SSSR count). The molecule has 0 aromatic rings. The normalized spacial score (nSPS) is 32.6. The van der Waals surface area contributed by atoms with Crippen LogP contribution in [0.1, 0.15) is 26.2 Å². The molecule has 5 N–H and O–H groups in total. The molecule has 0 aliphatic carbocycles. The van der Waals surface area contributed by atoms with Gasteiger partial charge in [-0.15, -0.1) is 0 Å². The third kappa shape index (κ3) is 12.4. The SMILES string of the molecule is CCC[C@H]1O[C@@H](C(=O)CCO)[C@@H](COC[C@@H]2OC(COCCOCOC)[C@H](COC)[C@H](O)C2O)C(O)C1OCCOCCO. The van der Waals surface area contributed by atoms with Crippen LogP contribution in [0.15, 0.2) is 0 Å². The Balaban J connectivity index is 2.07. The van der Waals surface area contributed by atoms with Crippen molar-refractivity contribution in [3.05, 3.63) is 0 Å². The van der Waals surface area contributed by atoms with Crippen LogP contribution in [0.5, 0.6) is 0 Å². The summed E-state index contributed by atoms with van der Waals surface area (Å²) in [4.78, 5) is 13.0. The maximum absolute atomic E-state index is 13.0. The summed E-state index contributed by atoms with van der Waals surface area (Å²) in [5.74, 6) is -1.77. The van der Waals surface area contributed by atoms with Crippen LogP contribution in [0.25, 0.3) is 0 Å². The summed E-state index contributed by atoms with van der Waals surface area (Å²) in [7, 11) is 3.00. The number of rotatable bonds is 24.